The molecule has 4 bridgehead atoms. The first kappa shape index (κ1) is 14.4. The Hall–Kier alpha value is -1.96. The van der Waals surface area contributed by atoms with Gasteiger partial charge in [0.15, 0.2) is 0 Å². The molecular weight excluding hydrogens is 292 g/mol. The van der Waals surface area contributed by atoms with Crippen molar-refractivity contribution in [3.63, 3.8) is 0 Å². The summed E-state index contributed by atoms with van der Waals surface area (Å²) in [5.74, 6) is 3.01. The summed E-state index contributed by atoms with van der Waals surface area (Å²) >= 11 is 0. The molecule has 0 unspecified atom stereocenters. The first-order valence-corrected chi connectivity index (χ1v) is 9.42. The summed E-state index contributed by atoms with van der Waals surface area (Å²) in [6, 6.07) is 17.2. The van der Waals surface area contributed by atoms with Crippen molar-refractivity contribution in [1.82, 2.24) is 0 Å². The summed E-state index contributed by atoms with van der Waals surface area (Å²) in [4.78, 5) is 0. The summed E-state index contributed by atoms with van der Waals surface area (Å²) in [5, 5.41) is 3.48. The molecule has 0 amide bonds. The second kappa shape index (κ2) is 5.27. The van der Waals surface area contributed by atoms with E-state index in [1.807, 2.05) is 24.3 Å². The van der Waals surface area contributed by atoms with Gasteiger partial charge in [-0.1, -0.05) is 12.1 Å². The van der Waals surface area contributed by atoms with Crippen LogP contribution >= 0.6 is 0 Å². The second-order valence-electron chi connectivity index (χ2n) is 8.52. The van der Waals surface area contributed by atoms with Gasteiger partial charge >= 0.3 is 0 Å². The minimum Gasteiger partial charge on any atom is -0.399 e. The van der Waals surface area contributed by atoms with Crippen LogP contribution < -0.4 is 11.1 Å². The van der Waals surface area contributed by atoms with E-state index in [1.54, 1.807) is 5.56 Å². The predicted molar refractivity (Wildman–Crippen MR) is 100 cm³/mol. The van der Waals surface area contributed by atoms with Crippen molar-refractivity contribution in [3.05, 3.63) is 54.1 Å². The lowest BCUT2D eigenvalue weighted by atomic mass is 9.48. The second-order valence-corrected chi connectivity index (χ2v) is 8.52. The van der Waals surface area contributed by atoms with Gasteiger partial charge in [-0.05, 0) is 104 Å². The van der Waals surface area contributed by atoms with E-state index in [1.165, 1.54) is 38.5 Å². The van der Waals surface area contributed by atoms with E-state index in [0.717, 1.165) is 34.8 Å². The lowest BCUT2D eigenvalue weighted by molar-refractivity contribution is -0.00518. The maximum Gasteiger partial charge on any atom is 0.0385 e. The number of nitrogens with one attached hydrogen (secondary N) is 1. The smallest absolute Gasteiger partial charge is 0.0385 e. The molecular formula is C22H26N2. The van der Waals surface area contributed by atoms with Crippen LogP contribution in [0.2, 0.25) is 0 Å². The highest BCUT2D eigenvalue weighted by atomic mass is 14.9. The van der Waals surface area contributed by atoms with Crippen LogP contribution in [0.25, 0.3) is 0 Å². The molecule has 0 saturated heterocycles. The molecule has 4 aliphatic carbocycles. The molecule has 4 saturated carbocycles. The van der Waals surface area contributed by atoms with Crippen molar-refractivity contribution in [2.24, 2.45) is 17.8 Å². The molecule has 6 rings (SSSR count). The highest BCUT2D eigenvalue weighted by Gasteiger charge is 2.51. The molecule has 3 N–H and O–H groups in total. The Kier molecular flexibility index (Phi) is 3.16. The average Bonchev–Trinajstić information content (AvgIpc) is 2.56. The van der Waals surface area contributed by atoms with Crippen LogP contribution in [0, 0.1) is 17.8 Å². The van der Waals surface area contributed by atoms with Gasteiger partial charge in [0.1, 0.15) is 0 Å². The molecule has 0 spiro atoms. The van der Waals surface area contributed by atoms with Crippen LogP contribution in [-0.4, -0.2) is 0 Å². The molecule has 2 aromatic carbocycles. The van der Waals surface area contributed by atoms with Crippen molar-refractivity contribution in [3.8, 4) is 0 Å². The molecule has 124 valence electrons. The molecule has 0 aromatic heterocycles. The lowest BCUT2D eigenvalue weighted by Gasteiger charge is -2.57. The molecule has 0 radical (unpaired) electrons. The maximum absolute atomic E-state index is 5.76. The van der Waals surface area contributed by atoms with Gasteiger partial charge in [-0.2, -0.15) is 0 Å². The molecule has 2 nitrogen and oxygen atoms in total. The van der Waals surface area contributed by atoms with E-state index in [2.05, 4.69) is 29.6 Å². The number of nitrogens with two attached hydrogens (primary N) is 1. The summed E-state index contributed by atoms with van der Waals surface area (Å²) < 4.78 is 0. The molecule has 0 aliphatic heterocycles. The number of hydrogen-bond donors (Lipinski definition) is 2. The van der Waals surface area contributed by atoms with Crippen molar-refractivity contribution >= 4 is 17.1 Å². The van der Waals surface area contributed by atoms with Crippen molar-refractivity contribution in [1.29, 1.82) is 0 Å². The number of benzene rings is 2. The molecule has 2 heteroatoms. The number of nitrogen functional groups attached to an aromatic ring is 1. The van der Waals surface area contributed by atoms with Crippen molar-refractivity contribution < 1.29 is 0 Å². The van der Waals surface area contributed by atoms with Crippen LogP contribution in [-0.2, 0) is 5.41 Å². The average molecular weight is 318 g/mol. The molecule has 4 aliphatic rings. The Labute approximate surface area is 144 Å². The molecule has 24 heavy (non-hydrogen) atoms. The third kappa shape index (κ3) is 2.40. The number of rotatable bonds is 3. The molecule has 2 aromatic rings. The standard InChI is InChI=1S/C22H26N2/c23-19-3-7-21(8-4-19)24-20-5-1-18(2-6-20)22-12-15-9-16(13-22)11-17(10-15)14-22/h1-8,15-17,24H,9-14,23H2. The quantitative estimate of drug-likeness (QED) is 0.735. The normalized spacial score (nSPS) is 33.6. The zero-order chi connectivity index (χ0) is 16.1. The number of hydrogen-bond acceptors (Lipinski definition) is 2. The van der Waals surface area contributed by atoms with Gasteiger partial charge < -0.3 is 11.1 Å². The lowest BCUT2D eigenvalue weighted by Crippen LogP contribution is -2.48. The van der Waals surface area contributed by atoms with E-state index in [-0.39, 0.29) is 0 Å². The van der Waals surface area contributed by atoms with Crippen LogP contribution in [0.4, 0.5) is 17.1 Å². The third-order valence-electron chi connectivity index (χ3n) is 6.73. The Morgan fingerprint density at radius 1 is 0.708 bits per heavy atom. The summed E-state index contributed by atoms with van der Waals surface area (Å²) in [6.07, 6.45) is 8.83. The van der Waals surface area contributed by atoms with Gasteiger partial charge in [0, 0.05) is 17.1 Å². The van der Waals surface area contributed by atoms with E-state index >= 15 is 0 Å². The Morgan fingerprint density at radius 3 is 1.67 bits per heavy atom. The minimum atomic E-state index is 0.495. The highest BCUT2D eigenvalue weighted by molar-refractivity contribution is 5.62. The molecule has 0 atom stereocenters. The zero-order valence-electron chi connectivity index (χ0n) is 14.2. The predicted octanol–water partition coefficient (Wildman–Crippen LogP) is 5.48. The van der Waals surface area contributed by atoms with E-state index in [9.17, 15) is 0 Å². The van der Waals surface area contributed by atoms with Crippen molar-refractivity contribution in [2.45, 2.75) is 43.9 Å². The first-order chi connectivity index (χ1) is 11.7. The molecule has 0 heterocycles. The fourth-order valence-corrected chi connectivity index (χ4v) is 6.10. The zero-order valence-corrected chi connectivity index (χ0v) is 14.2. The van der Waals surface area contributed by atoms with Crippen LogP contribution in [0.15, 0.2) is 48.5 Å². The third-order valence-corrected chi connectivity index (χ3v) is 6.73. The van der Waals surface area contributed by atoms with Gasteiger partial charge in [0.25, 0.3) is 0 Å². The minimum absolute atomic E-state index is 0.495. The summed E-state index contributed by atoms with van der Waals surface area (Å²) in [6.45, 7) is 0. The van der Waals surface area contributed by atoms with Gasteiger partial charge in [-0.3, -0.25) is 0 Å². The summed E-state index contributed by atoms with van der Waals surface area (Å²) in [7, 11) is 0. The highest BCUT2D eigenvalue weighted by Crippen LogP contribution is 2.60. The monoisotopic (exact) mass is 318 g/mol. The van der Waals surface area contributed by atoms with Gasteiger partial charge in [0.2, 0.25) is 0 Å². The maximum atomic E-state index is 5.76. The Balaban J connectivity index is 1.37. The number of anilines is 3. The fraction of sp³-hybridized carbons (Fsp3) is 0.455. The van der Waals surface area contributed by atoms with Gasteiger partial charge in [-0.25, -0.2) is 0 Å². The van der Waals surface area contributed by atoms with E-state index < -0.39 is 0 Å². The van der Waals surface area contributed by atoms with Crippen LogP contribution in [0.1, 0.15) is 44.1 Å². The largest absolute Gasteiger partial charge is 0.399 e. The van der Waals surface area contributed by atoms with E-state index in [0.29, 0.717) is 5.41 Å². The van der Waals surface area contributed by atoms with Crippen LogP contribution in [0.5, 0.6) is 0 Å². The van der Waals surface area contributed by atoms with Gasteiger partial charge in [0.05, 0.1) is 0 Å². The van der Waals surface area contributed by atoms with E-state index in [4.69, 9.17) is 5.73 Å². The topological polar surface area (TPSA) is 38.0 Å². The Bertz CT molecular complexity index is 694. The van der Waals surface area contributed by atoms with Crippen molar-refractivity contribution in [2.75, 3.05) is 11.1 Å². The summed E-state index contributed by atoms with van der Waals surface area (Å²) in [5.41, 5.74) is 10.9. The van der Waals surface area contributed by atoms with Crippen LogP contribution in [0.3, 0.4) is 0 Å². The Morgan fingerprint density at radius 2 is 1.17 bits per heavy atom. The van der Waals surface area contributed by atoms with Gasteiger partial charge in [-0.15, -0.1) is 0 Å². The fourth-order valence-electron chi connectivity index (χ4n) is 6.10. The first-order valence-electron chi connectivity index (χ1n) is 9.42. The molecule has 4 fully saturated rings. The SMILES string of the molecule is Nc1ccc(Nc2ccc(C34CC5CC(CC(C5)C3)C4)cc2)cc1.